The van der Waals surface area contributed by atoms with Crippen LogP contribution in [0.15, 0.2) is 75.2 Å². The zero-order valence-electron chi connectivity index (χ0n) is 17.2. The number of pyridine rings is 1. The first-order valence-electron chi connectivity index (χ1n) is 9.30. The van der Waals surface area contributed by atoms with E-state index in [1.807, 2.05) is 13.8 Å². The van der Waals surface area contributed by atoms with E-state index in [4.69, 9.17) is 11.6 Å². The van der Waals surface area contributed by atoms with E-state index in [0.717, 1.165) is 40.4 Å². The molecule has 0 unspecified atom stereocenters. The number of fused-ring (bicyclic) bond motifs is 1. The maximum atomic E-state index is 14.7. The van der Waals surface area contributed by atoms with Gasteiger partial charge in [0.25, 0.3) is 5.56 Å². The van der Waals surface area contributed by atoms with Gasteiger partial charge in [-0.15, -0.1) is 0 Å². The monoisotopic (exact) mass is 495 g/mol. The van der Waals surface area contributed by atoms with Crippen molar-refractivity contribution in [3.05, 3.63) is 92.4 Å². The first-order chi connectivity index (χ1) is 15.2. The molecule has 0 fully saturated rings. The van der Waals surface area contributed by atoms with Crippen molar-refractivity contribution in [2.24, 2.45) is 0 Å². The Morgan fingerprint density at radius 2 is 1.81 bits per heavy atom. The molecular formula is C22H20ClF2N3O2S2. The number of hydrogen-bond donors (Lipinski definition) is 2. The summed E-state index contributed by atoms with van der Waals surface area (Å²) in [4.78, 5) is 24.6. The van der Waals surface area contributed by atoms with Crippen molar-refractivity contribution in [1.29, 1.82) is 0 Å². The van der Waals surface area contributed by atoms with Crippen LogP contribution in [0, 0.1) is 11.6 Å². The minimum absolute atomic E-state index is 0.0307. The minimum atomic E-state index is -0.739. The molecule has 0 spiro atoms. The van der Waals surface area contributed by atoms with E-state index >= 15 is 0 Å². The number of nitrogens with one attached hydrogen (secondary N) is 2. The van der Waals surface area contributed by atoms with Gasteiger partial charge < -0.3 is 5.32 Å². The van der Waals surface area contributed by atoms with Gasteiger partial charge in [0.2, 0.25) is 0 Å². The Kier molecular flexibility index (Phi) is 9.37. The van der Waals surface area contributed by atoms with Crippen LogP contribution in [0.5, 0.6) is 0 Å². The van der Waals surface area contributed by atoms with Gasteiger partial charge in [-0.25, -0.2) is 13.6 Å². The third kappa shape index (κ3) is 6.62. The molecule has 3 aromatic rings. The topological polar surface area (TPSA) is 63.1 Å². The highest BCUT2D eigenvalue weighted by Crippen LogP contribution is 2.31. The van der Waals surface area contributed by atoms with Crippen molar-refractivity contribution in [1.82, 2.24) is 9.29 Å². The number of benzene rings is 2. The maximum absolute atomic E-state index is 14.7. The van der Waals surface area contributed by atoms with Gasteiger partial charge in [-0.1, -0.05) is 56.4 Å². The molecule has 1 aromatic heterocycles. The number of aromatic nitrogens is 1. The Morgan fingerprint density at radius 3 is 2.47 bits per heavy atom. The van der Waals surface area contributed by atoms with E-state index in [0.29, 0.717) is 14.0 Å². The molecule has 0 saturated heterocycles. The van der Waals surface area contributed by atoms with Crippen LogP contribution in [0.1, 0.15) is 13.8 Å². The van der Waals surface area contributed by atoms with Crippen LogP contribution in [0.2, 0.25) is 0 Å². The third-order valence-electron chi connectivity index (χ3n) is 3.81. The second kappa shape index (κ2) is 11.8. The minimum Gasteiger partial charge on any atom is -0.307 e. The molecule has 0 aliphatic heterocycles. The van der Waals surface area contributed by atoms with Crippen molar-refractivity contribution < 1.29 is 13.6 Å². The molecule has 3 rings (SSSR count). The highest BCUT2D eigenvalue weighted by Gasteiger charge is 2.12. The average molecular weight is 496 g/mol. The highest BCUT2D eigenvalue weighted by atomic mass is 35.5. The number of halogens is 3. The molecule has 1 heterocycles. The first-order valence-corrected chi connectivity index (χ1v) is 11.3. The number of urea groups is 1. The van der Waals surface area contributed by atoms with E-state index in [1.54, 1.807) is 6.07 Å². The Hall–Kier alpha value is -2.75. The zero-order valence-corrected chi connectivity index (χ0v) is 19.6. The molecule has 168 valence electrons. The predicted molar refractivity (Wildman–Crippen MR) is 132 cm³/mol. The molecule has 0 aliphatic carbocycles. The molecule has 2 N–H and O–H groups in total. The van der Waals surface area contributed by atoms with E-state index < -0.39 is 23.2 Å². The van der Waals surface area contributed by atoms with Crippen molar-refractivity contribution in [3.63, 3.8) is 0 Å². The number of amides is 2. The van der Waals surface area contributed by atoms with E-state index in [2.05, 4.69) is 23.2 Å². The Bertz CT molecular complexity index is 1230. The van der Waals surface area contributed by atoms with Crippen molar-refractivity contribution in [2.45, 2.75) is 13.8 Å². The van der Waals surface area contributed by atoms with Crippen LogP contribution in [-0.2, 0) is 0 Å². The average Bonchev–Trinajstić information content (AvgIpc) is 2.75. The lowest BCUT2D eigenvalue weighted by atomic mass is 10.1. The van der Waals surface area contributed by atoms with Crippen molar-refractivity contribution in [3.8, 4) is 5.69 Å². The molecule has 0 radical (unpaired) electrons. The van der Waals surface area contributed by atoms with Crippen molar-refractivity contribution >= 4 is 57.8 Å². The molecule has 2 amide bonds. The summed E-state index contributed by atoms with van der Waals surface area (Å²) in [7, 11) is 0. The highest BCUT2D eigenvalue weighted by molar-refractivity contribution is 8.24. The predicted octanol–water partition coefficient (Wildman–Crippen LogP) is 6.98. The Morgan fingerprint density at radius 1 is 1.09 bits per heavy atom. The Balaban J connectivity index is 0.00000176. The number of rotatable bonds is 6. The van der Waals surface area contributed by atoms with Gasteiger partial charge in [0.05, 0.1) is 19.7 Å². The summed E-state index contributed by atoms with van der Waals surface area (Å²) in [5.41, 5.74) is -0.413. The third-order valence-corrected chi connectivity index (χ3v) is 5.51. The first kappa shape index (κ1) is 25.5. The molecule has 0 aliphatic rings. The lowest BCUT2D eigenvalue weighted by Crippen LogP contribution is -2.23. The fraction of sp³-hybridized carbons (Fsp3) is 0.0909. The fourth-order valence-corrected chi connectivity index (χ4v) is 4.10. The number of thioether (sulfide) groups is 1. The van der Waals surface area contributed by atoms with E-state index in [9.17, 15) is 18.4 Å². The number of anilines is 1. The normalized spacial score (nSPS) is 10.2. The van der Waals surface area contributed by atoms with Crippen LogP contribution in [0.4, 0.5) is 19.3 Å². The van der Waals surface area contributed by atoms with Gasteiger partial charge >= 0.3 is 6.03 Å². The molecule has 0 atom stereocenters. The molecule has 2 aromatic carbocycles. The molecule has 5 nitrogen and oxygen atoms in total. The summed E-state index contributed by atoms with van der Waals surface area (Å²) in [6, 6.07) is 8.68. The smallest absolute Gasteiger partial charge is 0.307 e. The van der Waals surface area contributed by atoms with Crippen LogP contribution in [0.3, 0.4) is 0 Å². The fourth-order valence-electron chi connectivity index (χ4n) is 2.59. The van der Waals surface area contributed by atoms with Gasteiger partial charge in [-0.2, -0.15) is 0 Å². The Labute approximate surface area is 197 Å². The molecular weight excluding hydrogens is 476 g/mol. The number of carbonyl (C=O) groups excluding carboxylic acids is 1. The lowest BCUT2D eigenvalue weighted by molar-refractivity contribution is 0.257. The summed E-state index contributed by atoms with van der Waals surface area (Å²) in [5, 5.41) is 3.15. The summed E-state index contributed by atoms with van der Waals surface area (Å²) in [6.07, 6.45) is 1.41. The molecule has 0 bridgehead atoms. The summed E-state index contributed by atoms with van der Waals surface area (Å²) in [5.74, 6) is -1.30. The van der Waals surface area contributed by atoms with Gasteiger partial charge in [-0.3, -0.25) is 14.1 Å². The second-order valence-corrected chi connectivity index (χ2v) is 8.91. The van der Waals surface area contributed by atoms with Crippen LogP contribution in [0.25, 0.3) is 16.5 Å². The standard InChI is InChI=1S/C20H14ClF2N3O2S2.C2H6/c1-11(21)29-12(2)30-25-20(28)24-15-5-6-18(17(23)10-15)26-8-7-13-3-4-14(22)9-16(13)19(26)27;1-2/h3-10H,1-2H2,(H2,24,25,28);1-2H3. The van der Waals surface area contributed by atoms with E-state index in [-0.39, 0.29) is 16.8 Å². The molecule has 10 heteroatoms. The number of carbonyl (C=O) groups is 1. The van der Waals surface area contributed by atoms with Gasteiger partial charge in [-0.05, 0) is 53.7 Å². The second-order valence-electron chi connectivity index (χ2n) is 5.88. The summed E-state index contributed by atoms with van der Waals surface area (Å²) >= 11 is 7.65. The zero-order chi connectivity index (χ0) is 23.8. The maximum Gasteiger partial charge on any atom is 0.329 e. The van der Waals surface area contributed by atoms with Gasteiger partial charge in [0.15, 0.2) is 0 Å². The van der Waals surface area contributed by atoms with E-state index in [1.165, 1.54) is 30.5 Å². The SMILES string of the molecule is C=C(Cl)SC(=C)SNC(=O)Nc1ccc(-n2ccc3ccc(F)cc3c2=O)c(F)c1.CC. The largest absolute Gasteiger partial charge is 0.329 e. The van der Waals surface area contributed by atoms with Gasteiger partial charge in [0.1, 0.15) is 11.6 Å². The van der Waals surface area contributed by atoms with Crippen molar-refractivity contribution in [2.75, 3.05) is 5.32 Å². The lowest BCUT2D eigenvalue weighted by Gasteiger charge is -2.11. The van der Waals surface area contributed by atoms with Gasteiger partial charge in [0, 0.05) is 11.9 Å². The summed E-state index contributed by atoms with van der Waals surface area (Å²) in [6.45, 7) is 11.2. The quantitative estimate of drug-likeness (QED) is 0.362. The number of nitrogens with zero attached hydrogens (tertiary/aromatic N) is 1. The van der Waals surface area contributed by atoms with Crippen LogP contribution in [-0.4, -0.2) is 10.6 Å². The van der Waals surface area contributed by atoms with Crippen LogP contribution >= 0.6 is 35.3 Å². The molecule has 32 heavy (non-hydrogen) atoms. The van der Waals surface area contributed by atoms with Crippen LogP contribution < -0.4 is 15.6 Å². The summed E-state index contributed by atoms with van der Waals surface area (Å²) < 4.78 is 32.5. The molecule has 0 saturated carbocycles. The number of hydrogen-bond acceptors (Lipinski definition) is 4.